The molecule has 3 aliphatic rings. The molecule has 1 heterocycles. The molecule has 4 rings (SSSR count). The molecule has 1 aliphatic heterocycles. The van der Waals surface area contributed by atoms with Gasteiger partial charge >= 0.3 is 0 Å². The number of hydrogen-bond acceptors (Lipinski definition) is 5. The first kappa shape index (κ1) is 20.2. The first-order valence-corrected chi connectivity index (χ1v) is 11.5. The third-order valence-corrected chi connectivity index (χ3v) is 6.86. The number of benzene rings is 1. The zero-order chi connectivity index (χ0) is 20.6. The number of sulfonamides is 1. The van der Waals surface area contributed by atoms with E-state index in [1.807, 2.05) is 17.2 Å². The molecule has 29 heavy (non-hydrogen) atoms. The van der Waals surface area contributed by atoms with E-state index in [9.17, 15) is 13.2 Å². The number of hydrazine groups is 1. The Labute approximate surface area is 175 Å². The van der Waals surface area contributed by atoms with Gasteiger partial charge in [0.15, 0.2) is 0 Å². The molecule has 1 atom stereocenters. The molecule has 154 valence electrons. The van der Waals surface area contributed by atoms with Gasteiger partial charge in [0.25, 0.3) is 0 Å². The first-order valence-electron chi connectivity index (χ1n) is 9.54. The molecule has 9 heteroatoms. The van der Waals surface area contributed by atoms with Crippen molar-refractivity contribution < 1.29 is 13.2 Å². The van der Waals surface area contributed by atoms with Crippen molar-refractivity contribution in [2.24, 2.45) is 11.1 Å². The van der Waals surface area contributed by atoms with Gasteiger partial charge in [0.1, 0.15) is 0 Å². The maximum atomic E-state index is 12.5. The predicted octanol–water partition coefficient (Wildman–Crippen LogP) is 1.94. The Kier molecular flexibility index (Phi) is 5.52. The molecule has 1 saturated carbocycles. The van der Waals surface area contributed by atoms with E-state index in [0.717, 1.165) is 6.54 Å². The molecule has 4 N–H and O–H groups in total. The predicted molar refractivity (Wildman–Crippen MR) is 112 cm³/mol. The van der Waals surface area contributed by atoms with Crippen LogP contribution in [0.5, 0.6) is 0 Å². The van der Waals surface area contributed by atoms with Crippen molar-refractivity contribution in [2.75, 3.05) is 6.54 Å². The second kappa shape index (κ2) is 7.95. The molecule has 0 aromatic heterocycles. The van der Waals surface area contributed by atoms with Crippen LogP contribution in [-0.4, -0.2) is 31.9 Å². The summed E-state index contributed by atoms with van der Waals surface area (Å²) in [5.74, 6) is 0.309. The molecule has 0 radical (unpaired) electrons. The number of fused-ring (bicyclic) bond motifs is 1. The summed E-state index contributed by atoms with van der Waals surface area (Å²) < 4.78 is 24.3. The minimum Gasteiger partial charge on any atom is -0.326 e. The highest BCUT2D eigenvalue weighted by Crippen LogP contribution is 2.34. The van der Waals surface area contributed by atoms with Gasteiger partial charge in [-0.3, -0.25) is 4.79 Å². The average molecular weight is 435 g/mol. The summed E-state index contributed by atoms with van der Waals surface area (Å²) in [6.45, 7) is 0.805. The van der Waals surface area contributed by atoms with E-state index in [0.29, 0.717) is 27.8 Å². The van der Waals surface area contributed by atoms with Crippen LogP contribution >= 0.6 is 11.6 Å². The average Bonchev–Trinajstić information content (AvgIpc) is 3.01. The SMILES string of the molecule is NS(=O)(=O)C1=CC(NC(=O)Cc2ccccc2Cl)=CC2C1=CNN2CC1CCC1. The molecule has 1 aromatic rings. The summed E-state index contributed by atoms with van der Waals surface area (Å²) in [5, 5.41) is 10.8. The monoisotopic (exact) mass is 434 g/mol. The summed E-state index contributed by atoms with van der Waals surface area (Å²) in [7, 11) is -3.94. The van der Waals surface area contributed by atoms with Gasteiger partial charge in [-0.05, 0) is 42.5 Å². The van der Waals surface area contributed by atoms with E-state index in [1.165, 1.54) is 25.3 Å². The molecule has 2 aliphatic carbocycles. The Morgan fingerprint density at radius 3 is 2.72 bits per heavy atom. The van der Waals surface area contributed by atoms with E-state index in [2.05, 4.69) is 10.7 Å². The van der Waals surface area contributed by atoms with Crippen LogP contribution in [0, 0.1) is 5.92 Å². The quantitative estimate of drug-likeness (QED) is 0.634. The lowest BCUT2D eigenvalue weighted by Gasteiger charge is -2.34. The molecule has 0 saturated heterocycles. The number of rotatable bonds is 6. The summed E-state index contributed by atoms with van der Waals surface area (Å²) >= 11 is 6.13. The number of nitrogens with zero attached hydrogens (tertiary/aromatic N) is 1. The van der Waals surface area contributed by atoms with Gasteiger partial charge in [-0.2, -0.15) is 0 Å². The molecule has 1 amide bonds. The number of carbonyl (C=O) groups excluding carboxylic acids is 1. The van der Waals surface area contributed by atoms with Crippen LogP contribution in [0.25, 0.3) is 0 Å². The topological polar surface area (TPSA) is 105 Å². The van der Waals surface area contributed by atoms with E-state index < -0.39 is 10.0 Å². The largest absolute Gasteiger partial charge is 0.326 e. The molecule has 1 aromatic carbocycles. The number of nitrogens with two attached hydrogens (primary N) is 1. The molecular formula is C20H23ClN4O3S. The Hall–Kier alpha value is -2.13. The van der Waals surface area contributed by atoms with Crippen LogP contribution in [0.2, 0.25) is 5.02 Å². The van der Waals surface area contributed by atoms with Gasteiger partial charge in [0, 0.05) is 29.0 Å². The minimum atomic E-state index is -3.94. The lowest BCUT2D eigenvalue weighted by atomic mass is 9.85. The Morgan fingerprint density at radius 2 is 2.07 bits per heavy atom. The number of nitrogens with one attached hydrogen (secondary N) is 2. The maximum absolute atomic E-state index is 12.5. The molecule has 7 nitrogen and oxygen atoms in total. The second-order valence-corrected chi connectivity index (χ2v) is 9.55. The highest BCUT2D eigenvalue weighted by molar-refractivity contribution is 7.93. The van der Waals surface area contributed by atoms with Crippen molar-refractivity contribution in [3.05, 3.63) is 69.4 Å². The molecule has 0 spiro atoms. The van der Waals surface area contributed by atoms with Crippen molar-refractivity contribution in [1.29, 1.82) is 0 Å². The van der Waals surface area contributed by atoms with Crippen molar-refractivity contribution in [2.45, 2.75) is 31.7 Å². The van der Waals surface area contributed by atoms with E-state index in [4.69, 9.17) is 16.7 Å². The summed E-state index contributed by atoms with van der Waals surface area (Å²) in [6, 6.07) is 6.82. The van der Waals surface area contributed by atoms with Crippen LogP contribution in [0.1, 0.15) is 24.8 Å². The normalized spacial score (nSPS) is 22.0. The minimum absolute atomic E-state index is 0.0154. The van der Waals surface area contributed by atoms with Crippen LogP contribution in [0.3, 0.4) is 0 Å². The van der Waals surface area contributed by atoms with Crippen LogP contribution < -0.4 is 15.9 Å². The van der Waals surface area contributed by atoms with Gasteiger partial charge in [-0.15, -0.1) is 0 Å². The van der Waals surface area contributed by atoms with Crippen LogP contribution in [0.15, 0.2) is 58.8 Å². The number of allylic oxidation sites excluding steroid dienone is 1. The van der Waals surface area contributed by atoms with Gasteiger partial charge in [0.05, 0.1) is 17.4 Å². The summed E-state index contributed by atoms with van der Waals surface area (Å²) in [4.78, 5) is 12.5. The second-order valence-electron chi connectivity index (χ2n) is 7.61. The fourth-order valence-corrected chi connectivity index (χ4v) is 4.79. The number of primary sulfonamides is 1. The number of halogens is 1. The third-order valence-electron chi connectivity index (χ3n) is 5.53. The standard InChI is InChI=1S/C20H23ClN4O3S/c21-17-7-2-1-6-14(17)8-20(26)24-15-9-18-16(19(10-15)29(22,27)28)11-23-25(18)12-13-4-3-5-13/h1-2,6-7,9-11,13,18,23H,3-5,8,12H2,(H,24,26)(H2,22,27,28). The molecule has 1 fully saturated rings. The highest BCUT2D eigenvalue weighted by Gasteiger charge is 2.37. The van der Waals surface area contributed by atoms with Crippen LogP contribution in [-0.2, 0) is 21.2 Å². The summed E-state index contributed by atoms with van der Waals surface area (Å²) in [5.41, 5.74) is 4.86. The zero-order valence-electron chi connectivity index (χ0n) is 15.8. The smallest absolute Gasteiger partial charge is 0.238 e. The maximum Gasteiger partial charge on any atom is 0.238 e. The summed E-state index contributed by atoms with van der Waals surface area (Å²) in [6.07, 6.45) is 8.60. The van der Waals surface area contributed by atoms with E-state index >= 15 is 0 Å². The lowest BCUT2D eigenvalue weighted by molar-refractivity contribution is -0.119. The molecule has 0 bridgehead atoms. The zero-order valence-corrected chi connectivity index (χ0v) is 17.3. The Bertz CT molecular complexity index is 1030. The number of carbonyl (C=O) groups is 1. The van der Waals surface area contributed by atoms with Gasteiger partial charge < -0.3 is 10.7 Å². The van der Waals surface area contributed by atoms with Crippen LogP contribution in [0.4, 0.5) is 0 Å². The molecular weight excluding hydrogens is 412 g/mol. The first-order chi connectivity index (χ1) is 13.8. The van der Waals surface area contributed by atoms with Crippen molar-refractivity contribution >= 4 is 27.5 Å². The lowest BCUT2D eigenvalue weighted by Crippen LogP contribution is -2.44. The van der Waals surface area contributed by atoms with E-state index in [1.54, 1.807) is 24.4 Å². The van der Waals surface area contributed by atoms with Gasteiger partial charge in [0.2, 0.25) is 15.9 Å². The fraction of sp³-hybridized carbons (Fsp3) is 0.350. The Balaban J connectivity index is 1.55. The van der Waals surface area contributed by atoms with E-state index in [-0.39, 0.29) is 23.3 Å². The fourth-order valence-electron chi connectivity index (χ4n) is 3.79. The number of hydrogen-bond donors (Lipinski definition) is 3. The Morgan fingerprint density at radius 1 is 1.31 bits per heavy atom. The third kappa shape index (κ3) is 4.40. The molecule has 1 unspecified atom stereocenters. The van der Waals surface area contributed by atoms with Gasteiger partial charge in [-0.1, -0.05) is 36.2 Å². The highest BCUT2D eigenvalue weighted by atomic mass is 35.5. The van der Waals surface area contributed by atoms with Crippen molar-refractivity contribution in [3.8, 4) is 0 Å². The van der Waals surface area contributed by atoms with Gasteiger partial charge in [-0.25, -0.2) is 18.6 Å². The van der Waals surface area contributed by atoms with Crippen molar-refractivity contribution in [3.63, 3.8) is 0 Å². The van der Waals surface area contributed by atoms with Crippen molar-refractivity contribution in [1.82, 2.24) is 15.8 Å². The number of amides is 1.